The Kier molecular flexibility index (Phi) is 3.15. The molecule has 1 aromatic carbocycles. The monoisotopic (exact) mass is 228 g/mol. The number of ether oxygens (including phenoxy) is 1. The van der Waals surface area contributed by atoms with E-state index >= 15 is 0 Å². The number of aryl methyl sites for hydroxylation is 2. The number of halogens is 1. The molecule has 1 atom stereocenters. The van der Waals surface area contributed by atoms with Crippen LogP contribution in [-0.2, 0) is 0 Å². The van der Waals surface area contributed by atoms with Gasteiger partial charge in [-0.25, -0.2) is 0 Å². The summed E-state index contributed by atoms with van der Waals surface area (Å²) in [6.07, 6.45) is 0. The van der Waals surface area contributed by atoms with E-state index in [0.717, 1.165) is 5.75 Å². The molecule has 66 valence electrons. The molecular weight excluding hydrogens is 216 g/mol. The van der Waals surface area contributed by atoms with Crippen LogP contribution in [0.5, 0.6) is 5.75 Å². The molecular formula is C10H13BrO. The molecule has 0 amide bonds. The van der Waals surface area contributed by atoms with E-state index in [0.29, 0.717) is 0 Å². The highest BCUT2D eigenvalue weighted by molar-refractivity contribution is 9.09. The van der Waals surface area contributed by atoms with Crippen LogP contribution in [0.4, 0.5) is 0 Å². The van der Waals surface area contributed by atoms with Gasteiger partial charge in [0.2, 0.25) is 0 Å². The maximum atomic E-state index is 5.49. The van der Waals surface area contributed by atoms with Gasteiger partial charge < -0.3 is 4.74 Å². The van der Waals surface area contributed by atoms with Crippen LogP contribution in [0.3, 0.4) is 0 Å². The first-order chi connectivity index (χ1) is 5.58. The van der Waals surface area contributed by atoms with Gasteiger partial charge >= 0.3 is 0 Å². The van der Waals surface area contributed by atoms with Crippen LogP contribution >= 0.6 is 15.9 Å². The van der Waals surface area contributed by atoms with Gasteiger partial charge in [0.1, 0.15) is 5.75 Å². The van der Waals surface area contributed by atoms with Crippen LogP contribution in [0.2, 0.25) is 0 Å². The van der Waals surface area contributed by atoms with Crippen LogP contribution in [-0.4, -0.2) is 5.01 Å². The van der Waals surface area contributed by atoms with Crippen LogP contribution in [0.1, 0.15) is 18.1 Å². The van der Waals surface area contributed by atoms with Crippen molar-refractivity contribution in [2.24, 2.45) is 0 Å². The largest absolute Gasteiger partial charge is 0.480 e. The van der Waals surface area contributed by atoms with Gasteiger partial charge in [-0.3, -0.25) is 0 Å². The molecule has 1 nitrogen and oxygen atoms in total. The van der Waals surface area contributed by atoms with Crippen molar-refractivity contribution in [3.63, 3.8) is 0 Å². The van der Waals surface area contributed by atoms with E-state index in [-0.39, 0.29) is 5.01 Å². The summed E-state index contributed by atoms with van der Waals surface area (Å²) >= 11 is 3.34. The zero-order valence-corrected chi connectivity index (χ0v) is 9.18. The fourth-order valence-corrected chi connectivity index (χ4v) is 1.40. The van der Waals surface area contributed by atoms with Gasteiger partial charge in [-0.15, -0.1) is 0 Å². The molecule has 0 aliphatic carbocycles. The fraction of sp³-hybridized carbons (Fsp3) is 0.400. The Morgan fingerprint density at radius 2 is 1.67 bits per heavy atom. The first-order valence-corrected chi connectivity index (χ1v) is 4.88. The molecule has 0 radical (unpaired) electrons. The van der Waals surface area contributed by atoms with Crippen molar-refractivity contribution in [2.45, 2.75) is 25.8 Å². The Hall–Kier alpha value is -0.500. The lowest BCUT2D eigenvalue weighted by Gasteiger charge is -2.09. The van der Waals surface area contributed by atoms with Crippen LogP contribution in [0.25, 0.3) is 0 Å². The normalized spacial score (nSPS) is 12.7. The van der Waals surface area contributed by atoms with Crippen molar-refractivity contribution in [3.8, 4) is 5.75 Å². The van der Waals surface area contributed by atoms with Crippen molar-refractivity contribution in [1.29, 1.82) is 0 Å². The number of hydrogen-bond donors (Lipinski definition) is 0. The molecule has 0 aliphatic rings. The molecule has 0 aromatic heterocycles. The van der Waals surface area contributed by atoms with E-state index in [4.69, 9.17) is 4.74 Å². The third-order valence-corrected chi connectivity index (χ3v) is 1.68. The van der Waals surface area contributed by atoms with E-state index in [9.17, 15) is 0 Å². The fourth-order valence-electron chi connectivity index (χ4n) is 1.19. The minimum atomic E-state index is 0.0682. The summed E-state index contributed by atoms with van der Waals surface area (Å²) in [5.41, 5.74) is 2.47. The molecule has 12 heavy (non-hydrogen) atoms. The lowest BCUT2D eigenvalue weighted by atomic mass is 10.1. The molecule has 0 spiro atoms. The summed E-state index contributed by atoms with van der Waals surface area (Å²) in [6, 6.07) is 6.20. The first kappa shape index (κ1) is 9.59. The van der Waals surface area contributed by atoms with E-state index in [2.05, 4.69) is 35.8 Å². The SMILES string of the molecule is Cc1cc(C)cc(OC(C)Br)c1. The van der Waals surface area contributed by atoms with Gasteiger partial charge in [0.05, 0.1) is 0 Å². The second-order valence-corrected chi connectivity index (χ2v) is 4.27. The van der Waals surface area contributed by atoms with E-state index < -0.39 is 0 Å². The molecule has 1 rings (SSSR count). The van der Waals surface area contributed by atoms with E-state index in [1.54, 1.807) is 0 Å². The Labute approximate surface area is 81.9 Å². The van der Waals surface area contributed by atoms with Crippen LogP contribution < -0.4 is 4.74 Å². The highest BCUT2D eigenvalue weighted by Gasteiger charge is 1.99. The highest BCUT2D eigenvalue weighted by Crippen LogP contribution is 2.18. The molecule has 0 heterocycles. The Bertz CT molecular complexity index is 248. The molecule has 1 aromatic rings. The molecule has 2 heteroatoms. The van der Waals surface area contributed by atoms with Gasteiger partial charge in [-0.1, -0.05) is 6.07 Å². The first-order valence-electron chi connectivity index (χ1n) is 3.97. The van der Waals surface area contributed by atoms with Crippen molar-refractivity contribution in [1.82, 2.24) is 0 Å². The minimum absolute atomic E-state index is 0.0682. The summed E-state index contributed by atoms with van der Waals surface area (Å²) in [5.74, 6) is 0.928. The number of benzene rings is 1. The molecule has 0 N–H and O–H groups in total. The summed E-state index contributed by atoms with van der Waals surface area (Å²) in [7, 11) is 0. The quantitative estimate of drug-likeness (QED) is 0.706. The minimum Gasteiger partial charge on any atom is -0.480 e. The molecule has 0 saturated heterocycles. The Morgan fingerprint density at radius 1 is 1.17 bits per heavy atom. The van der Waals surface area contributed by atoms with Gasteiger partial charge in [-0.2, -0.15) is 0 Å². The van der Waals surface area contributed by atoms with Gasteiger partial charge in [0, 0.05) is 0 Å². The third kappa shape index (κ3) is 2.86. The van der Waals surface area contributed by atoms with Crippen molar-refractivity contribution < 1.29 is 4.74 Å². The zero-order chi connectivity index (χ0) is 9.14. The standard InChI is InChI=1S/C10H13BrO/c1-7-4-8(2)6-10(5-7)12-9(3)11/h4-6,9H,1-3H3. The Balaban J connectivity index is 2.85. The summed E-state index contributed by atoms with van der Waals surface area (Å²) in [5, 5.41) is 0.0682. The second-order valence-electron chi connectivity index (χ2n) is 2.98. The lowest BCUT2D eigenvalue weighted by Crippen LogP contribution is -2.01. The smallest absolute Gasteiger partial charge is 0.150 e. The lowest BCUT2D eigenvalue weighted by molar-refractivity contribution is 0.314. The maximum absolute atomic E-state index is 5.49. The average Bonchev–Trinajstić information content (AvgIpc) is 1.81. The molecule has 0 aliphatic heterocycles. The van der Waals surface area contributed by atoms with E-state index in [1.807, 2.05) is 19.1 Å². The van der Waals surface area contributed by atoms with Crippen molar-refractivity contribution >= 4 is 15.9 Å². The number of hydrogen-bond acceptors (Lipinski definition) is 1. The summed E-state index contributed by atoms with van der Waals surface area (Å²) < 4.78 is 5.49. The third-order valence-electron chi connectivity index (χ3n) is 1.49. The Morgan fingerprint density at radius 3 is 2.08 bits per heavy atom. The van der Waals surface area contributed by atoms with Gasteiger partial charge in [0.25, 0.3) is 0 Å². The highest BCUT2D eigenvalue weighted by atomic mass is 79.9. The average molecular weight is 229 g/mol. The predicted octanol–water partition coefficient (Wildman–Crippen LogP) is 3.42. The topological polar surface area (TPSA) is 9.23 Å². The number of rotatable bonds is 2. The molecule has 1 unspecified atom stereocenters. The summed E-state index contributed by atoms with van der Waals surface area (Å²) in [4.78, 5) is 0. The predicted molar refractivity (Wildman–Crippen MR) is 54.9 cm³/mol. The second kappa shape index (κ2) is 3.94. The van der Waals surface area contributed by atoms with E-state index in [1.165, 1.54) is 11.1 Å². The molecule has 0 bridgehead atoms. The molecule has 0 saturated carbocycles. The van der Waals surface area contributed by atoms with Crippen molar-refractivity contribution in [2.75, 3.05) is 0 Å². The van der Waals surface area contributed by atoms with Crippen molar-refractivity contribution in [3.05, 3.63) is 29.3 Å². The summed E-state index contributed by atoms with van der Waals surface area (Å²) in [6.45, 7) is 6.09. The number of alkyl halides is 1. The maximum Gasteiger partial charge on any atom is 0.150 e. The molecule has 0 fully saturated rings. The zero-order valence-electron chi connectivity index (χ0n) is 7.60. The van der Waals surface area contributed by atoms with Gasteiger partial charge in [-0.05, 0) is 60.0 Å². The van der Waals surface area contributed by atoms with Gasteiger partial charge in [0.15, 0.2) is 5.01 Å². The van der Waals surface area contributed by atoms with Crippen LogP contribution in [0.15, 0.2) is 18.2 Å². The van der Waals surface area contributed by atoms with Crippen LogP contribution in [0, 0.1) is 13.8 Å².